The Kier molecular flexibility index (Phi) is 5.67. The Labute approximate surface area is 164 Å². The predicted octanol–water partition coefficient (Wildman–Crippen LogP) is 2.78. The molecular weight excluding hydrogens is 382 g/mol. The van der Waals surface area contributed by atoms with E-state index in [0.717, 1.165) is 10.8 Å². The van der Waals surface area contributed by atoms with Gasteiger partial charge in [-0.1, -0.05) is 37.7 Å². The Bertz CT molecular complexity index is 920. The number of thioether (sulfide) groups is 1. The summed E-state index contributed by atoms with van der Waals surface area (Å²) in [5.74, 6) is 0.627. The summed E-state index contributed by atoms with van der Waals surface area (Å²) in [6.45, 7) is 6.10. The van der Waals surface area contributed by atoms with Crippen molar-refractivity contribution in [3.05, 3.63) is 42.2 Å². The van der Waals surface area contributed by atoms with Crippen molar-refractivity contribution in [1.29, 1.82) is 0 Å². The number of imidazole rings is 1. The van der Waals surface area contributed by atoms with Gasteiger partial charge in [0.1, 0.15) is 0 Å². The molecule has 2 heterocycles. The second-order valence-corrected chi connectivity index (χ2v) is 10.7. The third-order valence-corrected chi connectivity index (χ3v) is 7.59. The Morgan fingerprint density at radius 3 is 2.63 bits per heavy atom. The smallest absolute Gasteiger partial charge is 0.230 e. The van der Waals surface area contributed by atoms with Gasteiger partial charge >= 0.3 is 0 Å². The zero-order valence-corrected chi connectivity index (χ0v) is 17.4. The van der Waals surface area contributed by atoms with Crippen LogP contribution in [0, 0.1) is 0 Å². The normalized spacial score (nSPS) is 21.5. The minimum atomic E-state index is -3.05. The van der Waals surface area contributed by atoms with Gasteiger partial charge in [-0.3, -0.25) is 9.36 Å². The summed E-state index contributed by atoms with van der Waals surface area (Å²) in [7, 11) is -3.05. The van der Waals surface area contributed by atoms with E-state index < -0.39 is 15.4 Å². The summed E-state index contributed by atoms with van der Waals surface area (Å²) < 4.78 is 25.3. The molecule has 1 amide bonds. The molecule has 3 rings (SSSR count). The summed E-state index contributed by atoms with van der Waals surface area (Å²) >= 11 is 1.34. The molecule has 1 atom stereocenters. The molecule has 1 aliphatic rings. The lowest BCUT2D eigenvalue weighted by atomic mass is 10.0. The van der Waals surface area contributed by atoms with Crippen LogP contribution in [-0.2, 0) is 14.6 Å². The average Bonchev–Trinajstić information content (AvgIpc) is 3.16. The molecule has 146 valence electrons. The van der Waals surface area contributed by atoms with E-state index in [1.165, 1.54) is 17.3 Å². The van der Waals surface area contributed by atoms with E-state index in [1.54, 1.807) is 13.1 Å². The molecule has 1 aromatic carbocycles. The van der Waals surface area contributed by atoms with Crippen LogP contribution < -0.4 is 5.32 Å². The summed E-state index contributed by atoms with van der Waals surface area (Å²) in [6.07, 6.45) is 4.04. The Morgan fingerprint density at radius 2 is 2.04 bits per heavy atom. The molecule has 1 fully saturated rings. The number of hydrogen-bond donors (Lipinski definition) is 1. The fourth-order valence-electron chi connectivity index (χ4n) is 3.22. The van der Waals surface area contributed by atoms with Crippen molar-refractivity contribution in [3.63, 3.8) is 0 Å². The molecule has 1 aromatic heterocycles. The second kappa shape index (κ2) is 7.67. The SMILES string of the molecule is CC(C)c1ccc(-n2ccnc2SCC(=O)N[C@]2(C)CCS(=O)(=O)C2)cc1. The standard InChI is InChI=1S/C19H25N3O3S2/c1-14(2)15-4-6-16(7-5-15)22-10-9-20-18(22)26-12-17(23)21-19(3)8-11-27(24,25)13-19/h4-7,9-10,14H,8,11-13H2,1-3H3,(H,21,23)/t19-/m1/s1. The van der Waals surface area contributed by atoms with Gasteiger partial charge < -0.3 is 5.32 Å². The number of rotatable bonds is 6. The number of sulfone groups is 1. The van der Waals surface area contributed by atoms with Gasteiger partial charge in [0.05, 0.1) is 22.8 Å². The Balaban J connectivity index is 1.62. The summed E-state index contributed by atoms with van der Waals surface area (Å²) in [5, 5.41) is 3.60. The van der Waals surface area contributed by atoms with Crippen molar-refractivity contribution < 1.29 is 13.2 Å². The quantitative estimate of drug-likeness (QED) is 0.745. The molecule has 1 saturated heterocycles. The number of nitrogens with zero attached hydrogens (tertiary/aromatic N) is 2. The molecule has 0 bridgehead atoms. The third-order valence-electron chi connectivity index (χ3n) is 4.72. The molecule has 1 aliphatic heterocycles. The van der Waals surface area contributed by atoms with Gasteiger partial charge in [0.15, 0.2) is 15.0 Å². The van der Waals surface area contributed by atoms with Crippen LogP contribution in [0.2, 0.25) is 0 Å². The molecule has 1 N–H and O–H groups in total. The van der Waals surface area contributed by atoms with Crippen LogP contribution in [0.25, 0.3) is 5.69 Å². The van der Waals surface area contributed by atoms with Gasteiger partial charge in [0, 0.05) is 18.1 Å². The second-order valence-electron chi connectivity index (χ2n) is 7.57. The molecular formula is C19H25N3O3S2. The van der Waals surface area contributed by atoms with Crippen LogP contribution in [0.1, 0.15) is 38.7 Å². The number of benzene rings is 1. The number of nitrogens with one attached hydrogen (secondary N) is 1. The maximum absolute atomic E-state index is 12.3. The van der Waals surface area contributed by atoms with Gasteiger partial charge in [-0.15, -0.1) is 0 Å². The van der Waals surface area contributed by atoms with Crippen LogP contribution in [0.5, 0.6) is 0 Å². The van der Waals surface area contributed by atoms with E-state index >= 15 is 0 Å². The van der Waals surface area contributed by atoms with Crippen molar-refractivity contribution in [2.75, 3.05) is 17.3 Å². The van der Waals surface area contributed by atoms with Crippen LogP contribution in [0.3, 0.4) is 0 Å². The number of aromatic nitrogens is 2. The van der Waals surface area contributed by atoms with E-state index in [9.17, 15) is 13.2 Å². The molecule has 0 unspecified atom stereocenters. The lowest BCUT2D eigenvalue weighted by molar-refractivity contribution is -0.120. The van der Waals surface area contributed by atoms with Crippen LogP contribution in [0.15, 0.2) is 41.8 Å². The summed E-state index contributed by atoms with van der Waals surface area (Å²) in [5.41, 5.74) is 1.60. The van der Waals surface area contributed by atoms with E-state index in [-0.39, 0.29) is 23.2 Å². The topological polar surface area (TPSA) is 81.1 Å². The summed E-state index contributed by atoms with van der Waals surface area (Å²) in [4.78, 5) is 16.7. The fraction of sp³-hybridized carbons (Fsp3) is 0.474. The molecule has 8 heteroatoms. The molecule has 0 aliphatic carbocycles. The minimum absolute atomic E-state index is 0.00718. The van der Waals surface area contributed by atoms with Crippen molar-refractivity contribution >= 4 is 27.5 Å². The first-order valence-corrected chi connectivity index (χ1v) is 11.8. The zero-order chi connectivity index (χ0) is 19.7. The first kappa shape index (κ1) is 19.9. The van der Waals surface area contributed by atoms with Gasteiger partial charge in [0.25, 0.3) is 0 Å². The lowest BCUT2D eigenvalue weighted by Gasteiger charge is -2.23. The highest BCUT2D eigenvalue weighted by Crippen LogP contribution is 2.25. The zero-order valence-electron chi connectivity index (χ0n) is 15.8. The predicted molar refractivity (Wildman–Crippen MR) is 108 cm³/mol. The van der Waals surface area contributed by atoms with Crippen LogP contribution in [-0.4, -0.2) is 46.7 Å². The highest BCUT2D eigenvalue weighted by atomic mass is 32.2. The highest BCUT2D eigenvalue weighted by molar-refractivity contribution is 7.99. The maximum atomic E-state index is 12.3. The lowest BCUT2D eigenvalue weighted by Crippen LogP contribution is -2.47. The molecule has 0 radical (unpaired) electrons. The molecule has 0 saturated carbocycles. The molecule has 2 aromatic rings. The van der Waals surface area contributed by atoms with Crippen molar-refractivity contribution in [2.24, 2.45) is 0 Å². The monoisotopic (exact) mass is 407 g/mol. The molecule has 0 spiro atoms. The number of hydrogen-bond acceptors (Lipinski definition) is 5. The minimum Gasteiger partial charge on any atom is -0.349 e. The van der Waals surface area contributed by atoms with Gasteiger partial charge in [-0.25, -0.2) is 13.4 Å². The van der Waals surface area contributed by atoms with Gasteiger partial charge in [-0.2, -0.15) is 0 Å². The van der Waals surface area contributed by atoms with E-state index in [0.29, 0.717) is 12.3 Å². The number of amides is 1. The number of carbonyl (C=O) groups is 1. The third kappa shape index (κ3) is 4.93. The highest BCUT2D eigenvalue weighted by Gasteiger charge is 2.39. The van der Waals surface area contributed by atoms with Gasteiger partial charge in [0.2, 0.25) is 5.91 Å². The van der Waals surface area contributed by atoms with Crippen LogP contribution >= 0.6 is 11.8 Å². The number of carbonyl (C=O) groups excluding carboxylic acids is 1. The van der Waals surface area contributed by atoms with E-state index in [1.807, 2.05) is 22.9 Å². The first-order chi connectivity index (χ1) is 12.7. The summed E-state index contributed by atoms with van der Waals surface area (Å²) in [6, 6.07) is 8.29. The molecule has 27 heavy (non-hydrogen) atoms. The van der Waals surface area contributed by atoms with Crippen molar-refractivity contribution in [1.82, 2.24) is 14.9 Å². The van der Waals surface area contributed by atoms with Crippen molar-refractivity contribution in [2.45, 2.75) is 43.8 Å². The fourth-order valence-corrected chi connectivity index (χ4v) is 6.09. The maximum Gasteiger partial charge on any atom is 0.230 e. The van der Waals surface area contributed by atoms with E-state index in [2.05, 4.69) is 36.3 Å². The Morgan fingerprint density at radius 1 is 1.33 bits per heavy atom. The Hall–Kier alpha value is -1.80. The van der Waals surface area contributed by atoms with Crippen LogP contribution in [0.4, 0.5) is 0 Å². The van der Waals surface area contributed by atoms with Crippen molar-refractivity contribution in [3.8, 4) is 5.69 Å². The first-order valence-electron chi connectivity index (χ1n) is 8.95. The largest absolute Gasteiger partial charge is 0.349 e. The van der Waals surface area contributed by atoms with E-state index in [4.69, 9.17) is 0 Å². The molecule has 6 nitrogen and oxygen atoms in total. The average molecular weight is 408 g/mol. The van der Waals surface area contributed by atoms with Gasteiger partial charge in [-0.05, 0) is 37.0 Å².